The average Bonchev–Trinajstić information content (AvgIpc) is 2.06. The standard InChI is InChI=1S/B5O8.Na.10H2O/c6-1-10-5(11-2-7,12-3-8)13-4-9;;;;;;;;;;;/h;;10*1H2/q-1;+1;;;;;;;;;;. The summed E-state index contributed by atoms with van der Waals surface area (Å²) in [5.74, 6) is 0. The van der Waals surface area contributed by atoms with Crippen molar-refractivity contribution in [3.05, 3.63) is 0 Å². The van der Waals surface area contributed by atoms with Gasteiger partial charge in [-0.25, -0.2) is 0 Å². The van der Waals surface area contributed by atoms with Crippen molar-refractivity contribution in [1.29, 1.82) is 0 Å². The summed E-state index contributed by atoms with van der Waals surface area (Å²) >= 11 is 0. The van der Waals surface area contributed by atoms with E-state index in [2.05, 4.69) is 18.3 Å². The van der Waals surface area contributed by atoms with Gasteiger partial charge in [-0.3, -0.25) is 0 Å². The molecule has 24 heavy (non-hydrogen) atoms. The van der Waals surface area contributed by atoms with Gasteiger partial charge in [0.25, 0.3) is 0 Å². The summed E-state index contributed by atoms with van der Waals surface area (Å²) in [7, 11) is -0.847. The predicted molar refractivity (Wildman–Crippen MR) is 72.0 cm³/mol. The molecule has 0 aliphatic carbocycles. The molecule has 24 heteroatoms. The van der Waals surface area contributed by atoms with E-state index in [1.54, 1.807) is 0 Å². The van der Waals surface area contributed by atoms with Gasteiger partial charge in [-0.2, -0.15) is 0 Å². The van der Waals surface area contributed by atoms with E-state index in [9.17, 15) is 18.8 Å². The van der Waals surface area contributed by atoms with E-state index in [0.29, 0.717) is 0 Å². The Hall–Kier alpha value is -0.675. The molecule has 0 saturated carbocycles. The molecular weight excluding hydrogens is 365 g/mol. The molecule has 20 N–H and O–H groups in total. The van der Waals surface area contributed by atoms with Crippen molar-refractivity contribution in [3.8, 4) is 0 Å². The van der Waals surface area contributed by atoms with Crippen LogP contribution in [0.15, 0.2) is 0 Å². The zero-order valence-electron chi connectivity index (χ0n) is 12.2. The average molecular weight is 385 g/mol. The van der Waals surface area contributed by atoms with Crippen LogP contribution in [0.25, 0.3) is 0 Å². The molecule has 0 aliphatic heterocycles. The largest absolute Gasteiger partial charge is 1.00 e. The van der Waals surface area contributed by atoms with E-state index in [1.165, 1.54) is 0 Å². The second-order valence-electron chi connectivity index (χ2n) is 1.51. The van der Waals surface area contributed by atoms with Crippen LogP contribution in [-0.4, -0.2) is 91.1 Å². The number of rotatable bonds is 8. The fourth-order valence-corrected chi connectivity index (χ4v) is 0.465. The van der Waals surface area contributed by atoms with Crippen LogP contribution in [0.2, 0.25) is 0 Å². The Bertz CT molecular complexity index is 164. The molecule has 0 aromatic heterocycles. The van der Waals surface area contributed by atoms with Gasteiger partial charge >= 0.3 is 103 Å². The van der Waals surface area contributed by atoms with Gasteiger partial charge in [0.05, 0.1) is 0 Å². The van der Waals surface area contributed by atoms with Crippen molar-refractivity contribution in [1.82, 2.24) is 0 Å². The molecule has 0 saturated heterocycles. The zero-order chi connectivity index (χ0) is 10.2. The molecule has 0 spiro atoms. The molecule has 0 unspecified atom stereocenters. The Balaban J connectivity index is -0.0000000131. The third-order valence-corrected chi connectivity index (χ3v) is 0.889. The van der Waals surface area contributed by atoms with Crippen LogP contribution in [0.1, 0.15) is 0 Å². The summed E-state index contributed by atoms with van der Waals surface area (Å²) in [6.45, 7) is -3.44. The Labute approximate surface area is 158 Å². The molecule has 0 bridgehead atoms. The first-order valence-electron chi connectivity index (χ1n) is 2.83. The van der Waals surface area contributed by atoms with Crippen molar-refractivity contribution in [2.45, 2.75) is 0 Å². The van der Waals surface area contributed by atoms with Crippen LogP contribution in [-0.2, 0) is 37.1 Å². The van der Waals surface area contributed by atoms with Gasteiger partial charge in [-0.1, -0.05) is 0 Å². The minimum absolute atomic E-state index is 0. The molecular formula is H20B5NaO18. The number of hydrogen-bond acceptors (Lipinski definition) is 8. The molecule has 0 amide bonds. The summed E-state index contributed by atoms with van der Waals surface area (Å²) in [4.78, 5) is 0. The fourth-order valence-electron chi connectivity index (χ4n) is 0.465. The molecule has 0 fully saturated rings. The van der Waals surface area contributed by atoms with Crippen LogP contribution in [0.3, 0.4) is 0 Å². The van der Waals surface area contributed by atoms with Crippen molar-refractivity contribution in [2.75, 3.05) is 0 Å². The van der Waals surface area contributed by atoms with Crippen molar-refractivity contribution >= 4 is 36.4 Å². The van der Waals surface area contributed by atoms with Crippen LogP contribution in [0.5, 0.6) is 0 Å². The summed E-state index contributed by atoms with van der Waals surface area (Å²) < 4.78 is 55.3. The Kier molecular flexibility index (Phi) is 216. The van der Waals surface area contributed by atoms with E-state index in [4.69, 9.17) is 0 Å². The maximum Gasteiger partial charge on any atom is 1.00 e. The second kappa shape index (κ2) is 57.2. The molecule has 0 heterocycles. The predicted octanol–water partition coefficient (Wildman–Crippen LogP) is -13.9. The van der Waals surface area contributed by atoms with E-state index in [0.717, 1.165) is 0 Å². The molecule has 0 rings (SSSR count). The van der Waals surface area contributed by atoms with E-state index in [1.807, 2.05) is 0 Å². The van der Waals surface area contributed by atoms with Crippen molar-refractivity contribution < 1.29 is 121 Å². The zero-order valence-corrected chi connectivity index (χ0v) is 14.2. The van der Waals surface area contributed by atoms with E-state index >= 15 is 0 Å². The maximum absolute atomic E-state index is 9.85. The quantitative estimate of drug-likeness (QED) is 0.359. The molecule has 0 aromatic rings. The minimum atomic E-state index is -3.44. The summed E-state index contributed by atoms with van der Waals surface area (Å²) in [5.41, 5.74) is 0. The van der Waals surface area contributed by atoms with Crippen LogP contribution >= 0.6 is 0 Å². The molecule has 0 radical (unpaired) electrons. The molecule has 18 nitrogen and oxygen atoms in total. The minimum Gasteiger partial charge on any atom is 1.00 e. The first-order chi connectivity index (χ1) is 6.24. The Morgan fingerprint density at radius 2 is 0.542 bits per heavy atom. The van der Waals surface area contributed by atoms with E-state index in [-0.39, 0.29) is 114 Å². The third kappa shape index (κ3) is 37.5. The SMILES string of the molecule is O.O.O.O.O.O.O.O.O.O.O=BO[B-](OB=O)(OB=O)OB=O.[Na+]. The summed E-state index contributed by atoms with van der Waals surface area (Å²) in [6.07, 6.45) is 0. The van der Waals surface area contributed by atoms with Crippen LogP contribution < -0.4 is 29.6 Å². The fraction of sp³-hybridized carbons (Fsp3) is 0. The van der Waals surface area contributed by atoms with Gasteiger partial charge in [-0.15, -0.1) is 0 Å². The Morgan fingerprint density at radius 3 is 0.625 bits per heavy atom. The van der Waals surface area contributed by atoms with Crippen LogP contribution in [0, 0.1) is 0 Å². The van der Waals surface area contributed by atoms with Gasteiger partial charge < -0.3 is 54.8 Å². The smallest absolute Gasteiger partial charge is 1.00 e. The van der Waals surface area contributed by atoms with E-state index < -0.39 is 6.96 Å². The normalized spacial score (nSPS) is 4.33. The summed E-state index contributed by atoms with van der Waals surface area (Å²) in [6, 6.07) is 0. The monoisotopic (exact) mass is 386 g/mol. The van der Waals surface area contributed by atoms with Gasteiger partial charge in [0, 0.05) is 0 Å². The maximum atomic E-state index is 9.85. The summed E-state index contributed by atoms with van der Waals surface area (Å²) in [5, 5.41) is 0. The second-order valence-corrected chi connectivity index (χ2v) is 1.51. The Morgan fingerprint density at radius 1 is 0.417 bits per heavy atom. The van der Waals surface area contributed by atoms with Gasteiger partial charge in [0.2, 0.25) is 0 Å². The van der Waals surface area contributed by atoms with Gasteiger partial charge in [-0.05, 0) is 0 Å². The molecule has 0 atom stereocenters. The molecule has 0 aliphatic rings. The van der Waals surface area contributed by atoms with Gasteiger partial charge in [0.15, 0.2) is 0 Å². The molecule has 144 valence electrons. The first-order valence-corrected chi connectivity index (χ1v) is 2.83. The van der Waals surface area contributed by atoms with Crippen LogP contribution in [0.4, 0.5) is 0 Å². The van der Waals surface area contributed by atoms with Crippen molar-refractivity contribution in [3.63, 3.8) is 0 Å². The topological polar surface area (TPSA) is 420 Å². The van der Waals surface area contributed by atoms with Crippen molar-refractivity contribution in [2.24, 2.45) is 0 Å². The third-order valence-electron chi connectivity index (χ3n) is 0.889. The number of hydrogen-bond donors (Lipinski definition) is 0. The first kappa shape index (κ1) is 90.6. The van der Waals surface area contributed by atoms with Gasteiger partial charge in [0.1, 0.15) is 0 Å². The molecule has 0 aromatic carbocycles.